The molecule has 2 nitrogen and oxygen atoms in total. The zero-order chi connectivity index (χ0) is 10.4. The van der Waals surface area contributed by atoms with Crippen molar-refractivity contribution in [2.45, 2.75) is 40.3 Å². The Hall–Kier alpha value is -0.440. The number of hydrogen-bond acceptors (Lipinski definition) is 1. The molecule has 0 aliphatic carbocycles. The average Bonchev–Trinajstić information content (AvgIpc) is 2.55. The molecule has 0 saturated carbocycles. The Bertz CT molecular complexity index is 268. The second-order valence-corrected chi connectivity index (χ2v) is 4.66. The molecule has 0 aliphatic rings. The van der Waals surface area contributed by atoms with Crippen molar-refractivity contribution in [2.75, 3.05) is 11.5 Å². The van der Waals surface area contributed by atoms with Gasteiger partial charge in [-0.15, -0.1) is 0 Å². The maximum absolute atomic E-state index is 2.34. The lowest BCUT2D eigenvalue weighted by Gasteiger charge is -1.99. The minimum Gasteiger partial charge on any atom is -0.235 e. The monoisotopic (exact) mass is 213 g/mol. The molecule has 1 heterocycles. The summed E-state index contributed by atoms with van der Waals surface area (Å²) in [5.41, 5.74) is 0. The molecule has 0 atom stereocenters. The smallest absolute Gasteiger partial charge is 0.235 e. The lowest BCUT2D eigenvalue weighted by Crippen LogP contribution is -2.36. The lowest BCUT2D eigenvalue weighted by molar-refractivity contribution is -0.698. The van der Waals surface area contributed by atoms with E-state index in [9.17, 15) is 0 Å². The van der Waals surface area contributed by atoms with Crippen LogP contribution in [0.15, 0.2) is 12.4 Å². The molecule has 0 bridgehead atoms. The van der Waals surface area contributed by atoms with E-state index >= 15 is 0 Å². The van der Waals surface area contributed by atoms with E-state index in [0.717, 1.165) is 13.1 Å². The number of aromatic nitrogens is 2. The summed E-state index contributed by atoms with van der Waals surface area (Å²) in [5, 5.41) is 0. The van der Waals surface area contributed by atoms with Crippen LogP contribution in [0.25, 0.3) is 0 Å². The average molecular weight is 213 g/mol. The van der Waals surface area contributed by atoms with Gasteiger partial charge in [0.25, 0.3) is 5.82 Å². The normalized spacial score (nSPS) is 10.8. The van der Waals surface area contributed by atoms with Gasteiger partial charge < -0.3 is 0 Å². The van der Waals surface area contributed by atoms with Gasteiger partial charge in [-0.1, -0.05) is 6.92 Å². The first kappa shape index (κ1) is 11.6. The van der Waals surface area contributed by atoms with Crippen molar-refractivity contribution in [1.29, 1.82) is 0 Å². The SMILES string of the molecule is CCCSCC[n+]1ccn(CC)c1C. The Balaban J connectivity index is 2.39. The molecule has 0 radical (unpaired) electrons. The molecule has 0 unspecified atom stereocenters. The third kappa shape index (κ3) is 3.05. The van der Waals surface area contributed by atoms with Crippen molar-refractivity contribution in [3.8, 4) is 0 Å². The van der Waals surface area contributed by atoms with Crippen LogP contribution in [-0.4, -0.2) is 16.1 Å². The van der Waals surface area contributed by atoms with E-state index in [1.165, 1.54) is 23.8 Å². The highest BCUT2D eigenvalue weighted by molar-refractivity contribution is 7.99. The largest absolute Gasteiger partial charge is 0.253 e. The standard InChI is InChI=1S/C11H21N2S/c1-4-9-14-10-8-13-7-6-12(5-2)11(13)3/h6-7H,4-5,8-10H2,1-3H3/q+1. The first-order chi connectivity index (χ1) is 6.79. The molecule has 0 N–H and O–H groups in total. The van der Waals surface area contributed by atoms with Crippen LogP contribution in [0.5, 0.6) is 0 Å². The van der Waals surface area contributed by atoms with Crippen LogP contribution in [0.3, 0.4) is 0 Å². The Labute approximate surface area is 91.3 Å². The van der Waals surface area contributed by atoms with Gasteiger partial charge in [-0.2, -0.15) is 11.8 Å². The molecule has 0 fully saturated rings. The van der Waals surface area contributed by atoms with Gasteiger partial charge in [0.15, 0.2) is 0 Å². The Morgan fingerprint density at radius 2 is 2.14 bits per heavy atom. The van der Waals surface area contributed by atoms with Gasteiger partial charge in [0.05, 0.1) is 13.1 Å². The van der Waals surface area contributed by atoms with Crippen molar-refractivity contribution in [3.63, 3.8) is 0 Å². The van der Waals surface area contributed by atoms with Crippen molar-refractivity contribution in [3.05, 3.63) is 18.2 Å². The Morgan fingerprint density at radius 3 is 2.71 bits per heavy atom. The first-order valence-electron chi connectivity index (χ1n) is 5.42. The molecule has 3 heteroatoms. The van der Waals surface area contributed by atoms with Crippen LogP contribution < -0.4 is 4.57 Å². The Kier molecular flexibility index (Phi) is 5.09. The van der Waals surface area contributed by atoms with Crippen LogP contribution in [0.4, 0.5) is 0 Å². The third-order valence-corrected chi connectivity index (χ3v) is 3.59. The molecule has 80 valence electrons. The molecule has 1 aromatic heterocycles. The third-order valence-electron chi connectivity index (χ3n) is 2.42. The van der Waals surface area contributed by atoms with Crippen molar-refractivity contribution < 1.29 is 4.57 Å². The predicted molar refractivity (Wildman–Crippen MR) is 62.7 cm³/mol. The highest BCUT2D eigenvalue weighted by Gasteiger charge is 2.09. The van der Waals surface area contributed by atoms with Crippen LogP contribution in [0.2, 0.25) is 0 Å². The fraction of sp³-hybridized carbons (Fsp3) is 0.727. The summed E-state index contributed by atoms with van der Waals surface area (Å²) in [7, 11) is 0. The zero-order valence-corrected chi connectivity index (χ0v) is 10.3. The molecule has 0 spiro atoms. The van der Waals surface area contributed by atoms with E-state index in [2.05, 4.69) is 42.3 Å². The highest BCUT2D eigenvalue weighted by atomic mass is 32.2. The van der Waals surface area contributed by atoms with Crippen LogP contribution in [0.1, 0.15) is 26.1 Å². The van der Waals surface area contributed by atoms with Gasteiger partial charge in [-0.3, -0.25) is 0 Å². The van der Waals surface area contributed by atoms with Crippen molar-refractivity contribution >= 4 is 11.8 Å². The summed E-state index contributed by atoms with van der Waals surface area (Å²) >= 11 is 2.04. The summed E-state index contributed by atoms with van der Waals surface area (Å²) in [5.74, 6) is 3.88. The van der Waals surface area contributed by atoms with Gasteiger partial charge >= 0.3 is 0 Å². The number of imidazole rings is 1. The fourth-order valence-corrected chi connectivity index (χ4v) is 2.34. The van der Waals surface area contributed by atoms with E-state index in [1.54, 1.807) is 0 Å². The van der Waals surface area contributed by atoms with Gasteiger partial charge in [0.2, 0.25) is 0 Å². The molecular weight excluding hydrogens is 192 g/mol. The number of rotatable bonds is 6. The van der Waals surface area contributed by atoms with Crippen molar-refractivity contribution in [2.24, 2.45) is 0 Å². The number of thioether (sulfide) groups is 1. The Morgan fingerprint density at radius 1 is 1.36 bits per heavy atom. The number of nitrogens with zero attached hydrogens (tertiary/aromatic N) is 2. The molecule has 1 rings (SSSR count). The molecule has 14 heavy (non-hydrogen) atoms. The quantitative estimate of drug-likeness (QED) is 0.520. The molecule has 1 aromatic rings. The topological polar surface area (TPSA) is 8.81 Å². The molecule has 0 aromatic carbocycles. The van der Waals surface area contributed by atoms with E-state index in [0.29, 0.717) is 0 Å². The van der Waals surface area contributed by atoms with Gasteiger partial charge in [-0.05, 0) is 19.1 Å². The predicted octanol–water partition coefficient (Wildman–Crippen LogP) is 2.25. The zero-order valence-electron chi connectivity index (χ0n) is 9.49. The fourth-order valence-electron chi connectivity index (χ4n) is 1.52. The molecule has 0 amide bonds. The maximum atomic E-state index is 2.34. The van der Waals surface area contributed by atoms with Crippen molar-refractivity contribution in [1.82, 2.24) is 4.57 Å². The number of hydrogen-bond donors (Lipinski definition) is 0. The van der Waals surface area contributed by atoms with Crippen LogP contribution in [0, 0.1) is 6.92 Å². The van der Waals surface area contributed by atoms with E-state index in [-0.39, 0.29) is 0 Å². The second kappa shape index (κ2) is 6.12. The summed E-state index contributed by atoms with van der Waals surface area (Å²) in [6.07, 6.45) is 5.63. The summed E-state index contributed by atoms with van der Waals surface area (Å²) in [6.45, 7) is 8.82. The highest BCUT2D eigenvalue weighted by Crippen LogP contribution is 2.01. The van der Waals surface area contributed by atoms with E-state index in [1.807, 2.05) is 11.8 Å². The van der Waals surface area contributed by atoms with E-state index in [4.69, 9.17) is 0 Å². The summed E-state index contributed by atoms with van der Waals surface area (Å²) < 4.78 is 4.62. The molecular formula is C11H21N2S+. The van der Waals surface area contributed by atoms with Crippen LogP contribution in [-0.2, 0) is 13.1 Å². The first-order valence-corrected chi connectivity index (χ1v) is 6.58. The maximum Gasteiger partial charge on any atom is 0.253 e. The molecule has 0 aliphatic heterocycles. The summed E-state index contributed by atoms with van der Waals surface area (Å²) in [6, 6.07) is 0. The lowest BCUT2D eigenvalue weighted by atomic mass is 10.6. The van der Waals surface area contributed by atoms with Crippen LogP contribution >= 0.6 is 11.8 Å². The number of aryl methyl sites for hydroxylation is 2. The van der Waals surface area contributed by atoms with Gasteiger partial charge in [-0.25, -0.2) is 9.13 Å². The van der Waals surface area contributed by atoms with E-state index < -0.39 is 0 Å². The molecule has 0 saturated heterocycles. The van der Waals surface area contributed by atoms with Gasteiger partial charge in [0, 0.05) is 12.7 Å². The minimum atomic E-state index is 1.07. The summed E-state index contributed by atoms with van der Waals surface area (Å²) in [4.78, 5) is 0. The second-order valence-electron chi connectivity index (χ2n) is 3.44. The van der Waals surface area contributed by atoms with Gasteiger partial charge in [0.1, 0.15) is 12.4 Å². The minimum absolute atomic E-state index is 1.07.